The van der Waals surface area contributed by atoms with Gasteiger partial charge in [-0.2, -0.15) is 0 Å². The molecule has 11 heavy (non-hydrogen) atoms. The lowest BCUT2D eigenvalue weighted by atomic mass is 10.1. The smallest absolute Gasteiger partial charge is 0.0471 e. The zero-order valence-electron chi connectivity index (χ0n) is 9.28. The highest BCUT2D eigenvalue weighted by Crippen LogP contribution is 2.00. The van der Waals surface area contributed by atoms with E-state index < -0.39 is 0 Å². The lowest BCUT2D eigenvalue weighted by Crippen LogP contribution is -1.81. The van der Waals surface area contributed by atoms with Crippen LogP contribution in [0.1, 0.15) is 54.4 Å². The molecule has 0 unspecified atom stereocenters. The maximum absolute atomic E-state index is 3.36. The first-order valence-electron chi connectivity index (χ1n) is 4.76. The standard InChI is InChI=1S/C6H14.C3H6.C2H6/c1-4-5-6(2)3;1-3-2;1-2/h6H,4-5H2,1-3H3;3H,1H2,2H3;1-2H3. The zero-order chi connectivity index (χ0) is 9.70. The van der Waals surface area contributed by atoms with Crippen molar-refractivity contribution in [2.45, 2.75) is 54.4 Å². The fourth-order valence-corrected chi connectivity index (χ4v) is 0.577. The summed E-state index contributed by atoms with van der Waals surface area (Å²) in [6, 6.07) is 0. The monoisotopic (exact) mass is 158 g/mol. The molecule has 0 aliphatic carbocycles. The molecule has 0 spiro atoms. The Morgan fingerprint density at radius 3 is 1.55 bits per heavy atom. The normalized spacial score (nSPS) is 7.18. The molecule has 0 radical (unpaired) electrons. The molecule has 0 aromatic carbocycles. The van der Waals surface area contributed by atoms with Crippen molar-refractivity contribution in [3.05, 3.63) is 12.7 Å². The summed E-state index contributed by atoms with van der Waals surface area (Å²) in [6.45, 7) is 16.0. The largest absolute Gasteiger partial charge is 0.103 e. The average molecular weight is 158 g/mol. The molecule has 0 rings (SSSR count). The van der Waals surface area contributed by atoms with E-state index in [4.69, 9.17) is 0 Å². The van der Waals surface area contributed by atoms with Crippen molar-refractivity contribution in [1.29, 1.82) is 0 Å². The summed E-state index contributed by atoms with van der Waals surface area (Å²) in [7, 11) is 0. The summed E-state index contributed by atoms with van der Waals surface area (Å²) in [5.41, 5.74) is 0. The molecular weight excluding hydrogens is 132 g/mol. The van der Waals surface area contributed by atoms with Gasteiger partial charge in [-0.3, -0.25) is 0 Å². The van der Waals surface area contributed by atoms with Crippen LogP contribution in [0.25, 0.3) is 0 Å². The van der Waals surface area contributed by atoms with E-state index in [0.29, 0.717) is 0 Å². The predicted molar refractivity (Wildman–Crippen MR) is 57.0 cm³/mol. The van der Waals surface area contributed by atoms with E-state index in [0.717, 1.165) is 5.92 Å². The number of rotatable bonds is 2. The first-order chi connectivity index (χ1) is 5.18. The van der Waals surface area contributed by atoms with E-state index in [1.165, 1.54) is 12.8 Å². The molecule has 0 bridgehead atoms. The van der Waals surface area contributed by atoms with E-state index in [2.05, 4.69) is 27.4 Å². The summed E-state index contributed by atoms with van der Waals surface area (Å²) < 4.78 is 0. The Bertz CT molecular complexity index is 44.0. The number of hydrogen-bond acceptors (Lipinski definition) is 0. The number of hydrogen-bond donors (Lipinski definition) is 0. The van der Waals surface area contributed by atoms with Gasteiger partial charge in [0.15, 0.2) is 0 Å². The van der Waals surface area contributed by atoms with Gasteiger partial charge in [0.2, 0.25) is 0 Å². The first kappa shape index (κ1) is 17.0. The Labute approximate surface area is 73.7 Å². The minimum Gasteiger partial charge on any atom is -0.103 e. The summed E-state index contributed by atoms with van der Waals surface area (Å²) in [4.78, 5) is 0. The molecule has 0 N–H and O–H groups in total. The van der Waals surface area contributed by atoms with Crippen LogP contribution in [0.5, 0.6) is 0 Å². The Morgan fingerprint density at radius 2 is 1.55 bits per heavy atom. The molecular formula is C11H26. The van der Waals surface area contributed by atoms with Gasteiger partial charge in [0.25, 0.3) is 0 Å². The maximum atomic E-state index is 3.36. The van der Waals surface area contributed by atoms with Crippen LogP contribution in [-0.2, 0) is 0 Å². The Hall–Kier alpha value is -0.260. The topological polar surface area (TPSA) is 0 Å². The van der Waals surface area contributed by atoms with Gasteiger partial charge in [0, 0.05) is 0 Å². The van der Waals surface area contributed by atoms with Crippen LogP contribution in [0.2, 0.25) is 0 Å². The molecule has 0 saturated heterocycles. The summed E-state index contributed by atoms with van der Waals surface area (Å²) in [5, 5.41) is 0. The lowest BCUT2D eigenvalue weighted by molar-refractivity contribution is 0.576. The quantitative estimate of drug-likeness (QED) is 0.513. The molecule has 0 aliphatic heterocycles. The SMILES string of the molecule is C=CC.CC.CCCC(C)C. The predicted octanol–water partition coefficient (Wildman–Crippen LogP) is 4.66. The second-order valence-electron chi connectivity index (χ2n) is 2.59. The summed E-state index contributed by atoms with van der Waals surface area (Å²) in [6.07, 6.45) is 4.46. The third-order valence-electron chi connectivity index (χ3n) is 0.866. The van der Waals surface area contributed by atoms with Gasteiger partial charge in [-0.25, -0.2) is 0 Å². The Morgan fingerprint density at radius 1 is 1.27 bits per heavy atom. The highest BCUT2D eigenvalue weighted by molar-refractivity contribution is 4.51. The van der Waals surface area contributed by atoms with Crippen molar-refractivity contribution >= 4 is 0 Å². The number of allylic oxidation sites excluding steroid dienone is 1. The Kier molecular flexibility index (Phi) is 34.9. The fourth-order valence-electron chi connectivity index (χ4n) is 0.577. The second-order valence-corrected chi connectivity index (χ2v) is 2.59. The minimum atomic E-state index is 0.898. The molecule has 0 atom stereocenters. The van der Waals surface area contributed by atoms with Crippen LogP contribution in [0.15, 0.2) is 12.7 Å². The van der Waals surface area contributed by atoms with Gasteiger partial charge in [-0.05, 0) is 12.8 Å². The lowest BCUT2D eigenvalue weighted by Gasteiger charge is -1.95. The van der Waals surface area contributed by atoms with Crippen LogP contribution in [0.3, 0.4) is 0 Å². The molecule has 0 heterocycles. The third kappa shape index (κ3) is 77.7. The van der Waals surface area contributed by atoms with E-state index in [-0.39, 0.29) is 0 Å². The maximum Gasteiger partial charge on any atom is -0.0471 e. The molecule has 0 saturated carbocycles. The summed E-state index contributed by atoms with van der Waals surface area (Å²) >= 11 is 0. The van der Waals surface area contributed by atoms with Gasteiger partial charge < -0.3 is 0 Å². The van der Waals surface area contributed by atoms with Crippen LogP contribution >= 0.6 is 0 Å². The fraction of sp³-hybridized carbons (Fsp3) is 0.818. The van der Waals surface area contributed by atoms with Crippen LogP contribution in [0, 0.1) is 5.92 Å². The van der Waals surface area contributed by atoms with Crippen LogP contribution < -0.4 is 0 Å². The van der Waals surface area contributed by atoms with Crippen molar-refractivity contribution in [2.24, 2.45) is 5.92 Å². The molecule has 70 valence electrons. The molecule has 0 fully saturated rings. The van der Waals surface area contributed by atoms with E-state index >= 15 is 0 Å². The van der Waals surface area contributed by atoms with Gasteiger partial charge in [-0.15, -0.1) is 6.58 Å². The molecule has 0 amide bonds. The third-order valence-corrected chi connectivity index (χ3v) is 0.866. The van der Waals surface area contributed by atoms with Crippen LogP contribution in [0.4, 0.5) is 0 Å². The molecule has 0 aromatic heterocycles. The zero-order valence-corrected chi connectivity index (χ0v) is 9.28. The summed E-state index contributed by atoms with van der Waals surface area (Å²) in [5.74, 6) is 0.898. The van der Waals surface area contributed by atoms with Gasteiger partial charge in [-0.1, -0.05) is 53.5 Å². The van der Waals surface area contributed by atoms with Crippen molar-refractivity contribution in [1.82, 2.24) is 0 Å². The average Bonchev–Trinajstić information content (AvgIpc) is 1.93. The molecule has 0 heteroatoms. The first-order valence-corrected chi connectivity index (χ1v) is 4.76. The highest BCUT2D eigenvalue weighted by atomic mass is 13.9. The van der Waals surface area contributed by atoms with E-state index in [1.807, 2.05) is 20.8 Å². The van der Waals surface area contributed by atoms with E-state index in [1.54, 1.807) is 6.08 Å². The molecule has 0 aliphatic rings. The van der Waals surface area contributed by atoms with Crippen molar-refractivity contribution < 1.29 is 0 Å². The van der Waals surface area contributed by atoms with Gasteiger partial charge in [0.1, 0.15) is 0 Å². The van der Waals surface area contributed by atoms with Crippen molar-refractivity contribution in [3.63, 3.8) is 0 Å². The van der Waals surface area contributed by atoms with Crippen molar-refractivity contribution in [3.8, 4) is 0 Å². The van der Waals surface area contributed by atoms with E-state index in [9.17, 15) is 0 Å². The Balaban J connectivity index is -0.000000109. The van der Waals surface area contributed by atoms with Crippen molar-refractivity contribution in [2.75, 3.05) is 0 Å². The van der Waals surface area contributed by atoms with Crippen LogP contribution in [-0.4, -0.2) is 0 Å². The molecule has 0 aromatic rings. The molecule has 0 nitrogen and oxygen atoms in total. The van der Waals surface area contributed by atoms with Gasteiger partial charge >= 0.3 is 0 Å². The minimum absolute atomic E-state index is 0.898. The highest BCUT2D eigenvalue weighted by Gasteiger charge is 1.85. The second kappa shape index (κ2) is 22.6. The van der Waals surface area contributed by atoms with Gasteiger partial charge in [0.05, 0.1) is 0 Å².